The first-order valence-corrected chi connectivity index (χ1v) is 17.1. The number of carbonyl (C=O) groups is 1. The number of alkyl halides is 6. The first-order chi connectivity index (χ1) is 22.8. The van der Waals surface area contributed by atoms with Crippen molar-refractivity contribution in [2.45, 2.75) is 18.5 Å². The van der Waals surface area contributed by atoms with Gasteiger partial charge in [0, 0.05) is 34.5 Å². The number of ether oxygens (including phenoxy) is 2. The van der Waals surface area contributed by atoms with Crippen molar-refractivity contribution in [1.82, 2.24) is 0 Å². The van der Waals surface area contributed by atoms with Crippen LogP contribution in [-0.4, -0.2) is 24.6 Å². The van der Waals surface area contributed by atoms with Gasteiger partial charge in [-0.05, 0) is 92.5 Å². The van der Waals surface area contributed by atoms with Gasteiger partial charge in [0.2, 0.25) is 0 Å². The zero-order valence-corrected chi connectivity index (χ0v) is 29.2. The number of fused-ring (bicyclic) bond motifs is 2. The van der Waals surface area contributed by atoms with E-state index >= 15 is 0 Å². The Bertz CT molecular complexity index is 1920. The summed E-state index contributed by atoms with van der Waals surface area (Å²) in [4.78, 5) is 10.6. The quantitative estimate of drug-likeness (QED) is 0.129. The zero-order valence-electron chi connectivity index (χ0n) is 24.4. The highest BCUT2D eigenvalue weighted by Gasteiger charge is 2.30. The van der Waals surface area contributed by atoms with Crippen LogP contribution in [0.5, 0.6) is 11.5 Å². The minimum Gasteiger partial charge on any atom is -0.490 e. The molecule has 1 unspecified atom stereocenters. The van der Waals surface area contributed by atoms with Gasteiger partial charge < -0.3 is 14.6 Å². The second-order valence-corrected chi connectivity index (χ2v) is 13.3. The minimum atomic E-state index is -4.38. The van der Waals surface area contributed by atoms with Crippen LogP contribution in [0.15, 0.2) is 111 Å². The van der Waals surface area contributed by atoms with E-state index in [0.717, 1.165) is 43.7 Å². The summed E-state index contributed by atoms with van der Waals surface area (Å²) in [6, 6.07) is 24.7. The third-order valence-corrected chi connectivity index (χ3v) is 10.7. The fraction of sp³-hybridized carbons (Fsp3) is 0.147. The molecule has 0 aliphatic carbocycles. The van der Waals surface area contributed by atoms with E-state index < -0.39 is 29.6 Å². The highest BCUT2D eigenvalue weighted by molar-refractivity contribution is 9.11. The van der Waals surface area contributed by atoms with Crippen molar-refractivity contribution < 1.29 is 45.7 Å². The first kappa shape index (κ1) is 37.4. The summed E-state index contributed by atoms with van der Waals surface area (Å²) in [7, 11) is 0. The molecule has 6 rings (SSSR count). The molecule has 6 aromatic rings. The molecule has 0 saturated carbocycles. The molecule has 0 fully saturated rings. The van der Waals surface area contributed by atoms with Crippen molar-refractivity contribution in [2.75, 3.05) is 13.2 Å². The van der Waals surface area contributed by atoms with Gasteiger partial charge in [-0.3, -0.25) is 4.79 Å². The van der Waals surface area contributed by atoms with Crippen molar-refractivity contribution >= 4 is 81.0 Å². The SMILES string of the molecule is Brc1csc2ccccc12.O=CCOc1ccc(C(F)(F)F)cc1.OC(COc1ccc(C(F)(F)F)cc1)c1sc2ccccc2c1Br. The minimum absolute atomic E-state index is 0.0449. The van der Waals surface area contributed by atoms with Gasteiger partial charge in [0.25, 0.3) is 0 Å². The van der Waals surface area contributed by atoms with Crippen LogP contribution in [0.25, 0.3) is 20.2 Å². The Balaban J connectivity index is 0.000000182. The van der Waals surface area contributed by atoms with Crippen LogP contribution in [0.3, 0.4) is 0 Å². The summed E-state index contributed by atoms with van der Waals surface area (Å²) in [6.45, 7) is -0.206. The summed E-state index contributed by atoms with van der Waals surface area (Å²) in [5.41, 5.74) is -1.47. The number of hydrogen-bond acceptors (Lipinski definition) is 6. The lowest BCUT2D eigenvalue weighted by Crippen LogP contribution is -2.09. The van der Waals surface area contributed by atoms with Crippen LogP contribution >= 0.6 is 54.5 Å². The highest BCUT2D eigenvalue weighted by atomic mass is 79.9. The van der Waals surface area contributed by atoms with Gasteiger partial charge >= 0.3 is 12.4 Å². The summed E-state index contributed by atoms with van der Waals surface area (Å²) in [6.07, 6.45) is -9.07. The molecule has 252 valence electrons. The Morgan fingerprint density at radius 1 is 0.708 bits per heavy atom. The summed E-state index contributed by atoms with van der Waals surface area (Å²) in [5, 5.41) is 14.8. The molecule has 4 nitrogen and oxygen atoms in total. The predicted octanol–water partition coefficient (Wildman–Crippen LogP) is 11.7. The maximum atomic E-state index is 12.5. The number of thiophene rings is 2. The van der Waals surface area contributed by atoms with Gasteiger partial charge in [-0.25, -0.2) is 0 Å². The Labute approximate surface area is 295 Å². The number of aldehydes is 1. The number of hydrogen-bond donors (Lipinski definition) is 1. The van der Waals surface area contributed by atoms with E-state index in [1.165, 1.54) is 50.2 Å². The Kier molecular flexibility index (Phi) is 13.1. The van der Waals surface area contributed by atoms with E-state index in [9.17, 15) is 36.2 Å². The molecule has 4 aromatic carbocycles. The van der Waals surface area contributed by atoms with E-state index in [4.69, 9.17) is 9.47 Å². The lowest BCUT2D eigenvalue weighted by atomic mass is 10.2. The largest absolute Gasteiger partial charge is 0.490 e. The molecule has 0 bridgehead atoms. The maximum absolute atomic E-state index is 12.5. The molecule has 0 saturated heterocycles. The molecular formula is C34H24Br2F6O4S2. The maximum Gasteiger partial charge on any atom is 0.416 e. The van der Waals surface area contributed by atoms with Gasteiger partial charge in [-0.2, -0.15) is 26.3 Å². The van der Waals surface area contributed by atoms with Crippen LogP contribution < -0.4 is 9.47 Å². The van der Waals surface area contributed by atoms with Gasteiger partial charge in [0.1, 0.15) is 30.8 Å². The molecule has 0 spiro atoms. The lowest BCUT2D eigenvalue weighted by molar-refractivity contribution is -0.138. The third-order valence-electron chi connectivity index (χ3n) is 6.39. The molecular weight excluding hydrogens is 810 g/mol. The van der Waals surface area contributed by atoms with Crippen molar-refractivity contribution in [2.24, 2.45) is 0 Å². The highest BCUT2D eigenvalue weighted by Crippen LogP contribution is 2.39. The standard InChI is InChI=1S/C17H12BrF3O2S.C9H7F3O2.C8H5BrS/c18-15-12-3-1-2-4-14(12)24-16(15)13(22)9-23-11-7-5-10(6-8-11)17(19,20)21;10-9(11,12)7-1-3-8(4-2-7)14-6-5-13;9-7-5-10-8-4-2-1-3-6(7)8/h1-8,13,22H,9H2;1-5H,6H2;1-5H. The van der Waals surface area contributed by atoms with Crippen molar-refractivity contribution in [1.29, 1.82) is 0 Å². The normalized spacial score (nSPS) is 12.0. The number of benzene rings is 4. The number of carbonyl (C=O) groups excluding carboxylic acids is 1. The second kappa shape index (κ2) is 16.8. The van der Waals surface area contributed by atoms with Crippen LogP contribution in [0.2, 0.25) is 0 Å². The number of rotatable bonds is 7. The smallest absolute Gasteiger partial charge is 0.416 e. The van der Waals surface area contributed by atoms with E-state index in [0.29, 0.717) is 6.29 Å². The molecule has 14 heteroatoms. The molecule has 0 aliphatic heterocycles. The molecule has 48 heavy (non-hydrogen) atoms. The molecule has 1 atom stereocenters. The van der Waals surface area contributed by atoms with Gasteiger partial charge in [0.05, 0.1) is 16.0 Å². The molecule has 2 aromatic heterocycles. The average Bonchev–Trinajstić information content (AvgIpc) is 3.62. The zero-order chi connectivity index (χ0) is 34.9. The summed E-state index contributed by atoms with van der Waals surface area (Å²) < 4.78 is 88.4. The van der Waals surface area contributed by atoms with Crippen molar-refractivity contribution in [3.8, 4) is 11.5 Å². The van der Waals surface area contributed by atoms with E-state index in [1.807, 2.05) is 24.3 Å². The van der Waals surface area contributed by atoms with Crippen LogP contribution in [0.1, 0.15) is 22.1 Å². The van der Waals surface area contributed by atoms with Gasteiger partial charge in [-0.1, -0.05) is 36.4 Å². The van der Waals surface area contributed by atoms with Crippen molar-refractivity contribution in [3.63, 3.8) is 0 Å². The summed E-state index contributed by atoms with van der Waals surface area (Å²) in [5.74, 6) is 0.518. The number of halogens is 8. The Morgan fingerprint density at radius 3 is 1.71 bits per heavy atom. The van der Waals surface area contributed by atoms with E-state index in [-0.39, 0.29) is 24.7 Å². The third kappa shape index (κ3) is 10.3. The fourth-order valence-corrected chi connectivity index (χ4v) is 7.68. The first-order valence-electron chi connectivity index (χ1n) is 13.8. The Morgan fingerprint density at radius 2 is 1.21 bits per heavy atom. The molecule has 0 radical (unpaired) electrons. The monoisotopic (exact) mass is 832 g/mol. The topological polar surface area (TPSA) is 55.8 Å². The second-order valence-electron chi connectivity index (χ2n) is 9.70. The van der Waals surface area contributed by atoms with Crippen LogP contribution in [0.4, 0.5) is 26.3 Å². The average molecular weight is 834 g/mol. The molecule has 0 amide bonds. The van der Waals surface area contributed by atoms with Crippen LogP contribution in [0, 0.1) is 0 Å². The molecule has 2 heterocycles. The van der Waals surface area contributed by atoms with Crippen molar-refractivity contribution in [3.05, 3.63) is 127 Å². The lowest BCUT2D eigenvalue weighted by Gasteiger charge is -2.12. The van der Waals surface area contributed by atoms with Crippen LogP contribution in [-0.2, 0) is 17.1 Å². The predicted molar refractivity (Wildman–Crippen MR) is 184 cm³/mol. The van der Waals surface area contributed by atoms with Gasteiger partial charge in [0.15, 0.2) is 6.29 Å². The summed E-state index contributed by atoms with van der Waals surface area (Å²) >= 11 is 10.2. The molecule has 0 aliphatic rings. The Hall–Kier alpha value is -3.43. The van der Waals surface area contributed by atoms with Gasteiger partial charge in [-0.15, -0.1) is 22.7 Å². The number of aliphatic hydroxyl groups is 1. The van der Waals surface area contributed by atoms with E-state index in [1.54, 1.807) is 11.3 Å². The number of aliphatic hydroxyl groups excluding tert-OH is 1. The molecule has 1 N–H and O–H groups in total. The fourth-order valence-electron chi connectivity index (χ4n) is 4.05. The van der Waals surface area contributed by atoms with E-state index in [2.05, 4.69) is 61.5 Å².